The average molecular weight is 276 g/mol. The van der Waals surface area contributed by atoms with Gasteiger partial charge in [0.1, 0.15) is 5.60 Å². The summed E-state index contributed by atoms with van der Waals surface area (Å²) in [5.41, 5.74) is 8.82. The molecule has 0 spiro atoms. The number of benzene rings is 1. The largest absolute Gasteiger partial charge is 0.444 e. The lowest BCUT2D eigenvalue weighted by atomic mass is 9.82. The fraction of sp³-hybridized carbons (Fsp3) is 0.562. The minimum absolute atomic E-state index is 0.328. The number of carbonyl (C=O) groups is 1. The van der Waals surface area contributed by atoms with Gasteiger partial charge in [-0.25, -0.2) is 4.79 Å². The van der Waals surface area contributed by atoms with Crippen molar-refractivity contribution in [3.8, 4) is 0 Å². The second-order valence-corrected chi connectivity index (χ2v) is 6.43. The highest BCUT2D eigenvalue weighted by molar-refractivity contribution is 5.67. The molecule has 4 heteroatoms. The normalized spacial score (nSPS) is 18.2. The van der Waals surface area contributed by atoms with Gasteiger partial charge in [-0.05, 0) is 63.3 Å². The second-order valence-electron chi connectivity index (χ2n) is 6.43. The third kappa shape index (κ3) is 3.89. The Morgan fingerprint density at radius 2 is 2.20 bits per heavy atom. The Morgan fingerprint density at radius 3 is 2.90 bits per heavy atom. The predicted molar refractivity (Wildman–Crippen MR) is 80.8 cm³/mol. The van der Waals surface area contributed by atoms with E-state index < -0.39 is 5.60 Å². The summed E-state index contributed by atoms with van der Waals surface area (Å²) in [4.78, 5) is 11.7. The van der Waals surface area contributed by atoms with Crippen molar-refractivity contribution in [3.63, 3.8) is 0 Å². The molecule has 1 aromatic carbocycles. The topological polar surface area (TPSA) is 64.3 Å². The number of alkyl carbamates (subject to hydrolysis) is 1. The SMILES string of the molecule is CC(C)(C)OC(=O)NCC1CCCc2ccc(N)cc21. The van der Waals surface area contributed by atoms with Crippen molar-refractivity contribution in [3.05, 3.63) is 29.3 Å². The molecule has 2 rings (SSSR count). The molecule has 1 unspecified atom stereocenters. The number of amides is 1. The van der Waals surface area contributed by atoms with Crippen LogP contribution in [-0.2, 0) is 11.2 Å². The number of nitrogens with one attached hydrogen (secondary N) is 1. The van der Waals surface area contributed by atoms with E-state index in [9.17, 15) is 4.79 Å². The number of fused-ring (bicyclic) bond motifs is 1. The highest BCUT2D eigenvalue weighted by Gasteiger charge is 2.22. The first-order valence-electron chi connectivity index (χ1n) is 7.20. The fourth-order valence-corrected chi connectivity index (χ4v) is 2.65. The third-order valence-electron chi connectivity index (χ3n) is 3.50. The summed E-state index contributed by atoms with van der Waals surface area (Å²) in [5.74, 6) is 0.328. The predicted octanol–water partition coefficient (Wildman–Crippen LogP) is 3.21. The number of hydrogen-bond acceptors (Lipinski definition) is 3. The van der Waals surface area contributed by atoms with Crippen molar-refractivity contribution >= 4 is 11.8 Å². The molecule has 1 aliphatic carbocycles. The molecule has 0 aliphatic heterocycles. The maximum absolute atomic E-state index is 11.7. The lowest BCUT2D eigenvalue weighted by molar-refractivity contribution is 0.0523. The molecule has 110 valence electrons. The maximum Gasteiger partial charge on any atom is 0.407 e. The maximum atomic E-state index is 11.7. The third-order valence-corrected chi connectivity index (χ3v) is 3.50. The van der Waals surface area contributed by atoms with Crippen molar-refractivity contribution in [1.29, 1.82) is 0 Å². The molecule has 0 aromatic heterocycles. The number of carbonyl (C=O) groups excluding carboxylic acids is 1. The Labute approximate surface area is 120 Å². The van der Waals surface area contributed by atoms with Crippen LogP contribution in [0.2, 0.25) is 0 Å². The smallest absolute Gasteiger partial charge is 0.407 e. The van der Waals surface area contributed by atoms with Crippen molar-refractivity contribution in [1.82, 2.24) is 5.32 Å². The van der Waals surface area contributed by atoms with E-state index in [1.807, 2.05) is 32.9 Å². The number of aryl methyl sites for hydroxylation is 1. The van der Waals surface area contributed by atoms with Gasteiger partial charge in [0.2, 0.25) is 0 Å². The van der Waals surface area contributed by atoms with Crippen molar-refractivity contribution in [2.75, 3.05) is 12.3 Å². The first kappa shape index (κ1) is 14.7. The Bertz CT molecular complexity index is 492. The van der Waals surface area contributed by atoms with Crippen molar-refractivity contribution in [2.45, 2.75) is 51.6 Å². The molecule has 1 atom stereocenters. The Balaban J connectivity index is 1.98. The number of nitrogen functional groups attached to an aromatic ring is 1. The van der Waals surface area contributed by atoms with Gasteiger partial charge in [-0.3, -0.25) is 0 Å². The van der Waals surface area contributed by atoms with E-state index in [4.69, 9.17) is 10.5 Å². The van der Waals surface area contributed by atoms with E-state index in [0.29, 0.717) is 12.5 Å². The Morgan fingerprint density at radius 1 is 1.45 bits per heavy atom. The monoisotopic (exact) mass is 276 g/mol. The highest BCUT2D eigenvalue weighted by Crippen LogP contribution is 2.32. The fourth-order valence-electron chi connectivity index (χ4n) is 2.65. The number of rotatable bonds is 2. The summed E-state index contributed by atoms with van der Waals surface area (Å²) < 4.78 is 5.27. The van der Waals surface area contributed by atoms with Gasteiger partial charge in [-0.15, -0.1) is 0 Å². The first-order valence-corrected chi connectivity index (χ1v) is 7.20. The van der Waals surface area contributed by atoms with Crippen LogP contribution in [0.5, 0.6) is 0 Å². The molecule has 4 nitrogen and oxygen atoms in total. The molecule has 1 aromatic rings. The van der Waals surface area contributed by atoms with Crippen LogP contribution in [0.3, 0.4) is 0 Å². The summed E-state index contributed by atoms with van der Waals surface area (Å²) in [5, 5.41) is 2.87. The molecule has 0 heterocycles. The number of ether oxygens (including phenoxy) is 1. The quantitative estimate of drug-likeness (QED) is 0.815. The molecule has 0 saturated carbocycles. The summed E-state index contributed by atoms with van der Waals surface area (Å²) in [6, 6.07) is 6.09. The molecule has 20 heavy (non-hydrogen) atoms. The van der Waals surface area contributed by atoms with E-state index in [1.54, 1.807) is 0 Å². The van der Waals surface area contributed by atoms with Crippen LogP contribution in [0.1, 0.15) is 50.7 Å². The molecule has 0 fully saturated rings. The van der Waals surface area contributed by atoms with Crippen LogP contribution in [0.4, 0.5) is 10.5 Å². The Hall–Kier alpha value is -1.71. The average Bonchev–Trinajstić information content (AvgIpc) is 2.34. The second kappa shape index (κ2) is 5.73. The molecular formula is C16H24N2O2. The number of hydrogen-bond donors (Lipinski definition) is 2. The van der Waals surface area contributed by atoms with Gasteiger partial charge in [0.15, 0.2) is 0 Å². The summed E-state index contributed by atoms with van der Waals surface area (Å²) in [7, 11) is 0. The molecule has 0 radical (unpaired) electrons. The van der Waals surface area contributed by atoms with Gasteiger partial charge in [0.25, 0.3) is 0 Å². The summed E-state index contributed by atoms with van der Waals surface area (Å²) >= 11 is 0. The standard InChI is InChI=1S/C16H24N2O2/c1-16(2,3)20-15(19)18-10-12-6-4-5-11-7-8-13(17)9-14(11)12/h7-9,12H,4-6,10,17H2,1-3H3,(H,18,19). The summed E-state index contributed by atoms with van der Waals surface area (Å²) in [6.07, 6.45) is 2.97. The van der Waals surface area contributed by atoms with Crippen molar-refractivity contribution < 1.29 is 9.53 Å². The van der Waals surface area contributed by atoms with Crippen LogP contribution in [0.25, 0.3) is 0 Å². The van der Waals surface area contributed by atoms with Crippen LogP contribution >= 0.6 is 0 Å². The highest BCUT2D eigenvalue weighted by atomic mass is 16.6. The minimum atomic E-state index is -0.459. The van der Waals surface area contributed by atoms with E-state index in [0.717, 1.165) is 24.9 Å². The lowest BCUT2D eigenvalue weighted by Crippen LogP contribution is -2.35. The van der Waals surface area contributed by atoms with Crippen molar-refractivity contribution in [2.24, 2.45) is 0 Å². The zero-order valence-corrected chi connectivity index (χ0v) is 12.5. The van der Waals surface area contributed by atoms with E-state index in [-0.39, 0.29) is 6.09 Å². The van der Waals surface area contributed by atoms with Gasteiger partial charge in [0.05, 0.1) is 0 Å². The van der Waals surface area contributed by atoms with E-state index in [2.05, 4.69) is 11.4 Å². The summed E-state index contributed by atoms with van der Waals surface area (Å²) in [6.45, 7) is 6.20. The zero-order valence-electron chi connectivity index (χ0n) is 12.5. The minimum Gasteiger partial charge on any atom is -0.444 e. The molecular weight excluding hydrogens is 252 g/mol. The molecule has 3 N–H and O–H groups in total. The van der Waals surface area contributed by atoms with Gasteiger partial charge >= 0.3 is 6.09 Å². The number of nitrogens with two attached hydrogens (primary N) is 1. The van der Waals surface area contributed by atoms with Crippen LogP contribution < -0.4 is 11.1 Å². The van der Waals surface area contributed by atoms with Gasteiger partial charge in [-0.1, -0.05) is 6.07 Å². The van der Waals surface area contributed by atoms with E-state index >= 15 is 0 Å². The first-order chi connectivity index (χ1) is 9.35. The van der Waals surface area contributed by atoms with Crippen LogP contribution in [0, 0.1) is 0 Å². The van der Waals surface area contributed by atoms with Crippen LogP contribution in [-0.4, -0.2) is 18.2 Å². The lowest BCUT2D eigenvalue weighted by Gasteiger charge is -2.27. The van der Waals surface area contributed by atoms with E-state index in [1.165, 1.54) is 11.1 Å². The Kier molecular flexibility index (Phi) is 4.21. The van der Waals surface area contributed by atoms with Crippen LogP contribution in [0.15, 0.2) is 18.2 Å². The molecule has 0 saturated heterocycles. The molecule has 0 bridgehead atoms. The zero-order chi connectivity index (χ0) is 14.8. The van der Waals surface area contributed by atoms with Gasteiger partial charge in [0, 0.05) is 18.2 Å². The van der Waals surface area contributed by atoms with Gasteiger partial charge < -0.3 is 15.8 Å². The molecule has 1 aliphatic rings. The molecule has 1 amide bonds. The van der Waals surface area contributed by atoms with Gasteiger partial charge in [-0.2, -0.15) is 0 Å². The number of anilines is 1.